The predicted molar refractivity (Wildman–Crippen MR) is 133 cm³/mol. The van der Waals surface area contributed by atoms with Crippen molar-refractivity contribution in [3.8, 4) is 0 Å². The highest BCUT2D eigenvalue weighted by Crippen LogP contribution is 2.41. The molecule has 0 radical (unpaired) electrons. The number of unbranched alkanes of at least 4 members (excludes halogenated alkanes) is 1. The maximum atomic E-state index is 12.7. The van der Waals surface area contributed by atoms with Gasteiger partial charge in [-0.2, -0.15) is 0 Å². The summed E-state index contributed by atoms with van der Waals surface area (Å²) in [5, 5.41) is 0.188. The van der Waals surface area contributed by atoms with Crippen molar-refractivity contribution in [2.75, 3.05) is 13.7 Å². The van der Waals surface area contributed by atoms with Crippen LogP contribution in [0.15, 0.2) is 24.3 Å². The van der Waals surface area contributed by atoms with Crippen LogP contribution < -0.4 is 0 Å². The van der Waals surface area contributed by atoms with E-state index in [1.165, 1.54) is 14.0 Å². The normalized spacial score (nSPS) is 27.9. The summed E-state index contributed by atoms with van der Waals surface area (Å²) in [5.74, 6) is -0.580. The second kappa shape index (κ2) is 13.9. The van der Waals surface area contributed by atoms with Gasteiger partial charge in [-0.1, -0.05) is 37.9 Å². The average molecular weight is 495 g/mol. The lowest BCUT2D eigenvalue weighted by molar-refractivity contribution is -0.193. The fraction of sp³-hybridized carbons (Fsp3) is 0.731. The highest BCUT2D eigenvalue weighted by molar-refractivity contribution is 7.04. The van der Waals surface area contributed by atoms with Crippen LogP contribution in [0.3, 0.4) is 0 Å². The standard InChI is InChI=1S/C26H42O7Si/c1-19(27)32-22-18-23(33-26-14-10-11-17-31-26)21(15-16-25(29)34(3,4)5)20(22)12-8-6-7-9-13-24(28)30-2/h6,8,15-16,20-23,26H,7,9-14,17-18H2,1-5H3/b8-6-,16-15+/t20-,21-,22+,23-,26?/m1/s1. The minimum absolute atomic E-state index is 0.0000303. The third kappa shape index (κ3) is 9.47. The van der Waals surface area contributed by atoms with Gasteiger partial charge < -0.3 is 23.7 Å². The maximum absolute atomic E-state index is 12.7. The quantitative estimate of drug-likeness (QED) is 0.127. The number of esters is 2. The molecule has 1 unspecified atom stereocenters. The van der Waals surface area contributed by atoms with Crippen molar-refractivity contribution in [2.24, 2.45) is 11.8 Å². The molecule has 0 amide bonds. The first kappa shape index (κ1) is 28.5. The number of rotatable bonds is 12. The third-order valence-electron chi connectivity index (χ3n) is 6.41. The highest BCUT2D eigenvalue weighted by Gasteiger charge is 2.45. The summed E-state index contributed by atoms with van der Waals surface area (Å²) >= 11 is 0. The Morgan fingerprint density at radius 1 is 1.09 bits per heavy atom. The molecule has 5 atom stereocenters. The Kier molecular flexibility index (Phi) is 11.7. The molecule has 1 saturated heterocycles. The number of ether oxygens (including phenoxy) is 4. The number of hydrogen-bond donors (Lipinski definition) is 0. The molecule has 0 aromatic carbocycles. The van der Waals surface area contributed by atoms with Crippen LogP contribution in [-0.4, -0.2) is 57.6 Å². The monoisotopic (exact) mass is 494 g/mol. The van der Waals surface area contributed by atoms with Crippen LogP contribution in [0, 0.1) is 11.8 Å². The fourth-order valence-corrected chi connectivity index (χ4v) is 5.05. The van der Waals surface area contributed by atoms with Crippen molar-refractivity contribution < 1.29 is 33.3 Å². The largest absolute Gasteiger partial charge is 0.469 e. The van der Waals surface area contributed by atoms with Crippen LogP contribution >= 0.6 is 0 Å². The van der Waals surface area contributed by atoms with E-state index in [0.29, 0.717) is 25.9 Å². The molecule has 1 aliphatic heterocycles. The summed E-state index contributed by atoms with van der Waals surface area (Å²) < 4.78 is 22.6. The van der Waals surface area contributed by atoms with E-state index in [1.807, 2.05) is 25.7 Å². The Morgan fingerprint density at radius 3 is 2.47 bits per heavy atom. The molecule has 34 heavy (non-hydrogen) atoms. The topological polar surface area (TPSA) is 88.1 Å². The second-order valence-corrected chi connectivity index (χ2v) is 15.2. The van der Waals surface area contributed by atoms with Gasteiger partial charge in [0, 0.05) is 38.2 Å². The van der Waals surface area contributed by atoms with Gasteiger partial charge in [0.15, 0.2) is 6.29 Å². The van der Waals surface area contributed by atoms with Gasteiger partial charge in [0.2, 0.25) is 0 Å². The molecule has 2 rings (SSSR count). The number of carbonyl (C=O) groups excluding carboxylic acids is 3. The van der Waals surface area contributed by atoms with Crippen LogP contribution in [-0.2, 0) is 33.3 Å². The minimum Gasteiger partial charge on any atom is -0.469 e. The molecule has 1 saturated carbocycles. The molecule has 1 aliphatic carbocycles. The summed E-state index contributed by atoms with van der Waals surface area (Å²) in [6.07, 6.45) is 13.2. The molecule has 2 fully saturated rings. The third-order valence-corrected chi connectivity index (χ3v) is 8.06. The zero-order valence-corrected chi connectivity index (χ0v) is 22.4. The molecule has 8 heteroatoms. The van der Waals surface area contributed by atoms with E-state index in [1.54, 1.807) is 6.08 Å². The summed E-state index contributed by atoms with van der Waals surface area (Å²) in [4.78, 5) is 35.8. The van der Waals surface area contributed by atoms with E-state index in [0.717, 1.165) is 32.1 Å². The van der Waals surface area contributed by atoms with E-state index in [9.17, 15) is 14.4 Å². The maximum Gasteiger partial charge on any atom is 0.305 e. The first-order chi connectivity index (χ1) is 16.1. The Labute approximate surface area is 205 Å². The second-order valence-electron chi connectivity index (χ2n) is 10.2. The zero-order valence-electron chi connectivity index (χ0n) is 21.4. The van der Waals surface area contributed by atoms with Crippen LogP contribution in [0.25, 0.3) is 0 Å². The molecule has 7 nitrogen and oxygen atoms in total. The van der Waals surface area contributed by atoms with Gasteiger partial charge >= 0.3 is 11.9 Å². The Bertz CT molecular complexity index is 734. The van der Waals surface area contributed by atoms with Gasteiger partial charge in [-0.3, -0.25) is 9.59 Å². The number of methoxy groups -OCH3 is 1. The molecule has 1 heterocycles. The molecular weight excluding hydrogens is 452 g/mol. The van der Waals surface area contributed by atoms with Crippen molar-refractivity contribution in [3.05, 3.63) is 24.3 Å². The van der Waals surface area contributed by atoms with Crippen molar-refractivity contribution in [3.63, 3.8) is 0 Å². The summed E-state index contributed by atoms with van der Waals surface area (Å²) in [6, 6.07) is 0. The predicted octanol–water partition coefficient (Wildman–Crippen LogP) is 4.76. The van der Waals surface area contributed by atoms with Gasteiger partial charge in [0.1, 0.15) is 19.6 Å². The highest BCUT2D eigenvalue weighted by atomic mass is 28.3. The van der Waals surface area contributed by atoms with E-state index >= 15 is 0 Å². The Hall–Kier alpha value is -1.77. The molecule has 0 aromatic heterocycles. The van der Waals surface area contributed by atoms with Crippen molar-refractivity contribution in [1.29, 1.82) is 0 Å². The summed E-state index contributed by atoms with van der Waals surface area (Å²) in [5.41, 5.74) is 0. The fourth-order valence-electron chi connectivity index (χ4n) is 4.45. The molecule has 0 aromatic rings. The summed E-state index contributed by atoms with van der Waals surface area (Å²) in [7, 11) is -0.550. The Balaban J connectivity index is 2.15. The van der Waals surface area contributed by atoms with Crippen LogP contribution in [0.5, 0.6) is 0 Å². The lowest BCUT2D eigenvalue weighted by Crippen LogP contribution is -2.33. The Morgan fingerprint density at radius 2 is 1.85 bits per heavy atom. The first-order valence-corrected chi connectivity index (χ1v) is 16.0. The van der Waals surface area contributed by atoms with E-state index < -0.39 is 8.07 Å². The lowest BCUT2D eigenvalue weighted by Gasteiger charge is -2.29. The molecule has 0 spiro atoms. The van der Waals surface area contributed by atoms with Crippen molar-refractivity contribution in [1.82, 2.24) is 0 Å². The first-order valence-electron chi connectivity index (χ1n) is 12.5. The average Bonchev–Trinajstić information content (AvgIpc) is 3.08. The molecule has 2 aliphatic rings. The van der Waals surface area contributed by atoms with Crippen LogP contribution in [0.2, 0.25) is 19.6 Å². The number of allylic oxidation sites excluding steroid dienone is 3. The van der Waals surface area contributed by atoms with Gasteiger partial charge in [0.05, 0.1) is 13.2 Å². The van der Waals surface area contributed by atoms with Gasteiger partial charge in [0.25, 0.3) is 0 Å². The molecule has 0 bridgehead atoms. The molecule has 0 N–H and O–H groups in total. The summed E-state index contributed by atoms with van der Waals surface area (Å²) in [6.45, 7) is 8.23. The van der Waals surface area contributed by atoms with Crippen molar-refractivity contribution in [2.45, 2.75) is 96.4 Å². The van der Waals surface area contributed by atoms with Crippen LogP contribution in [0.1, 0.15) is 58.3 Å². The van der Waals surface area contributed by atoms with Crippen LogP contribution in [0.4, 0.5) is 0 Å². The van der Waals surface area contributed by atoms with Gasteiger partial charge in [-0.05, 0) is 44.6 Å². The van der Waals surface area contributed by atoms with Crippen molar-refractivity contribution >= 4 is 25.4 Å². The number of hydrogen-bond acceptors (Lipinski definition) is 7. The van der Waals surface area contributed by atoms with Gasteiger partial charge in [-0.25, -0.2) is 0 Å². The zero-order chi connectivity index (χ0) is 25.1. The van der Waals surface area contributed by atoms with E-state index in [2.05, 4.69) is 16.9 Å². The SMILES string of the molecule is COC(=O)CCC/C=C\C[C@@H]1[C@@H](/C=C/C(=O)[Si](C)(C)C)[C@H](OC2CCCCO2)C[C@@H]1OC(C)=O. The molecule has 192 valence electrons. The minimum atomic E-state index is -1.94. The van der Waals surface area contributed by atoms with E-state index in [4.69, 9.17) is 14.2 Å². The van der Waals surface area contributed by atoms with E-state index in [-0.39, 0.29) is 47.7 Å². The number of carbonyl (C=O) groups is 3. The smallest absolute Gasteiger partial charge is 0.305 e. The van der Waals surface area contributed by atoms with Gasteiger partial charge in [-0.15, -0.1) is 0 Å². The molecular formula is C26H42O7Si. The lowest BCUT2D eigenvalue weighted by atomic mass is 9.89.